The van der Waals surface area contributed by atoms with Crippen molar-refractivity contribution in [1.82, 2.24) is 0 Å². The predicted octanol–water partition coefficient (Wildman–Crippen LogP) is 7.96. The Bertz CT molecular complexity index is 693. The van der Waals surface area contributed by atoms with E-state index >= 15 is 0 Å². The van der Waals surface area contributed by atoms with Crippen molar-refractivity contribution in [3.8, 4) is 0 Å². The van der Waals surface area contributed by atoms with E-state index in [9.17, 15) is 4.79 Å². The number of hydrogen-bond donors (Lipinski definition) is 0. The average molecular weight is 429 g/mol. The maximum Gasteiger partial charge on any atom is 0.302 e. The maximum atomic E-state index is 11.5. The molecule has 0 amide bonds. The summed E-state index contributed by atoms with van der Waals surface area (Å²) in [6, 6.07) is 0. The fourth-order valence-electron chi connectivity index (χ4n) is 8.99. The van der Waals surface area contributed by atoms with E-state index in [1.165, 1.54) is 57.8 Å². The van der Waals surface area contributed by atoms with Crippen molar-refractivity contribution in [2.45, 2.75) is 118 Å². The molecule has 4 aliphatic carbocycles. The van der Waals surface area contributed by atoms with E-state index in [-0.39, 0.29) is 12.1 Å². The van der Waals surface area contributed by atoms with Crippen LogP contribution in [-0.4, -0.2) is 12.1 Å². The van der Waals surface area contributed by atoms with Gasteiger partial charge in [0, 0.05) is 13.3 Å². The predicted molar refractivity (Wildman–Crippen MR) is 129 cm³/mol. The van der Waals surface area contributed by atoms with Gasteiger partial charge in [0.05, 0.1) is 0 Å². The van der Waals surface area contributed by atoms with Crippen LogP contribution in [0.5, 0.6) is 0 Å². The summed E-state index contributed by atoms with van der Waals surface area (Å²) in [6.07, 6.45) is 17.2. The number of hydrogen-bond acceptors (Lipinski definition) is 2. The van der Waals surface area contributed by atoms with Gasteiger partial charge in [-0.3, -0.25) is 4.79 Å². The number of carbonyl (C=O) groups excluding carboxylic acids is 1. The molecule has 0 aliphatic heterocycles. The molecule has 0 aromatic rings. The van der Waals surface area contributed by atoms with Crippen LogP contribution in [0.2, 0.25) is 0 Å². The Morgan fingerprint density at radius 3 is 2.55 bits per heavy atom. The molecule has 3 fully saturated rings. The summed E-state index contributed by atoms with van der Waals surface area (Å²) in [7, 11) is 0. The first-order chi connectivity index (χ1) is 14.6. The number of carbonyl (C=O) groups is 1. The van der Waals surface area contributed by atoms with E-state index in [0.717, 1.165) is 48.3 Å². The van der Waals surface area contributed by atoms with Gasteiger partial charge in [-0.25, -0.2) is 0 Å². The number of fused-ring (bicyclic) bond motifs is 5. The van der Waals surface area contributed by atoms with Gasteiger partial charge < -0.3 is 4.74 Å². The van der Waals surface area contributed by atoms with Crippen molar-refractivity contribution in [2.75, 3.05) is 0 Å². The first-order valence-electron chi connectivity index (χ1n) is 13.5. The molecule has 0 heterocycles. The van der Waals surface area contributed by atoms with Crippen molar-refractivity contribution in [3.05, 3.63) is 11.6 Å². The minimum absolute atomic E-state index is 0.115. The number of ether oxygens (including phenoxy) is 1. The fourth-order valence-corrected chi connectivity index (χ4v) is 8.99. The van der Waals surface area contributed by atoms with Crippen LogP contribution in [0, 0.1) is 46.3 Å². The molecule has 3 saturated carbocycles. The lowest BCUT2D eigenvalue weighted by Gasteiger charge is -2.58. The maximum absolute atomic E-state index is 11.5. The van der Waals surface area contributed by atoms with Gasteiger partial charge in [-0.15, -0.1) is 0 Å². The van der Waals surface area contributed by atoms with Gasteiger partial charge in [0.1, 0.15) is 6.10 Å². The van der Waals surface area contributed by atoms with Crippen molar-refractivity contribution in [1.29, 1.82) is 0 Å². The van der Waals surface area contributed by atoms with Crippen LogP contribution in [0.4, 0.5) is 0 Å². The second kappa shape index (κ2) is 8.86. The molecule has 8 atom stereocenters. The minimum atomic E-state index is -0.115. The van der Waals surface area contributed by atoms with Crippen LogP contribution in [0.1, 0.15) is 112 Å². The molecule has 2 nitrogen and oxygen atoms in total. The summed E-state index contributed by atoms with van der Waals surface area (Å²) < 4.78 is 5.61. The van der Waals surface area contributed by atoms with Crippen LogP contribution < -0.4 is 0 Å². The van der Waals surface area contributed by atoms with Crippen molar-refractivity contribution >= 4 is 5.97 Å². The van der Waals surface area contributed by atoms with Crippen LogP contribution in [0.15, 0.2) is 11.6 Å². The summed E-state index contributed by atoms with van der Waals surface area (Å²) in [5, 5.41) is 0. The minimum Gasteiger partial charge on any atom is -0.462 e. The zero-order valence-corrected chi connectivity index (χ0v) is 21.2. The molecule has 0 unspecified atom stereocenters. The SMILES string of the molecule is CC(=O)O[C@@H]1CC[C@@]2(C)C(=CC[C@H]3[C@@H]4CC[C@H]([C@@H](C)CCCC(C)C)[C@@]4(C)CC[C@@H]32)C1. The van der Waals surface area contributed by atoms with E-state index in [1.807, 2.05) is 0 Å². The normalized spacial score (nSPS) is 42.9. The Hall–Kier alpha value is -0.790. The molecule has 176 valence electrons. The van der Waals surface area contributed by atoms with Gasteiger partial charge in [-0.05, 0) is 91.3 Å². The van der Waals surface area contributed by atoms with Crippen molar-refractivity contribution < 1.29 is 9.53 Å². The lowest BCUT2D eigenvalue weighted by Crippen LogP contribution is -2.51. The van der Waals surface area contributed by atoms with Gasteiger partial charge in [-0.2, -0.15) is 0 Å². The second-order valence-corrected chi connectivity index (χ2v) is 12.8. The van der Waals surface area contributed by atoms with Crippen LogP contribution in [-0.2, 0) is 9.53 Å². The second-order valence-electron chi connectivity index (χ2n) is 12.8. The third-order valence-corrected chi connectivity index (χ3v) is 10.6. The monoisotopic (exact) mass is 428 g/mol. The standard InChI is InChI=1S/C29H48O2/c1-19(2)8-7-9-20(3)25-12-13-26-24-11-10-22-18-23(31-21(4)30)14-16-28(22,5)27(24)15-17-29(25,26)6/h10,19-20,23-27H,7-9,11-18H2,1-6H3/t20-,23+,24-,25+,26-,27-,28-,29+/m0/s1. The first-order valence-corrected chi connectivity index (χ1v) is 13.5. The number of esters is 1. The molecular formula is C29H48O2. The third-order valence-electron chi connectivity index (χ3n) is 10.6. The van der Waals surface area contributed by atoms with Gasteiger partial charge in [0.2, 0.25) is 0 Å². The number of allylic oxidation sites excluding steroid dienone is 1. The molecule has 0 aromatic heterocycles. The highest BCUT2D eigenvalue weighted by Gasteiger charge is 2.59. The van der Waals surface area contributed by atoms with E-state index in [2.05, 4.69) is 40.7 Å². The van der Waals surface area contributed by atoms with Crippen LogP contribution in [0.25, 0.3) is 0 Å². The van der Waals surface area contributed by atoms with E-state index in [1.54, 1.807) is 12.5 Å². The summed E-state index contributed by atoms with van der Waals surface area (Å²) in [4.78, 5) is 11.5. The largest absolute Gasteiger partial charge is 0.462 e. The zero-order chi connectivity index (χ0) is 22.4. The molecule has 31 heavy (non-hydrogen) atoms. The van der Waals surface area contributed by atoms with Gasteiger partial charge in [0.15, 0.2) is 0 Å². The molecule has 0 aromatic carbocycles. The third kappa shape index (κ3) is 4.26. The summed E-state index contributed by atoms with van der Waals surface area (Å²) in [5.74, 6) is 5.19. The number of rotatable bonds is 6. The summed E-state index contributed by atoms with van der Waals surface area (Å²) in [6.45, 7) is 14.1. The van der Waals surface area contributed by atoms with Gasteiger partial charge >= 0.3 is 5.97 Å². The quantitative estimate of drug-likeness (QED) is 0.317. The molecule has 0 radical (unpaired) electrons. The molecule has 0 N–H and O–H groups in total. The molecule has 4 rings (SSSR count). The Morgan fingerprint density at radius 1 is 1.06 bits per heavy atom. The highest BCUT2D eigenvalue weighted by molar-refractivity contribution is 5.66. The highest BCUT2D eigenvalue weighted by Crippen LogP contribution is 2.67. The molecule has 0 bridgehead atoms. The Morgan fingerprint density at radius 2 is 1.84 bits per heavy atom. The summed E-state index contributed by atoms with van der Waals surface area (Å²) >= 11 is 0. The molecule has 0 spiro atoms. The topological polar surface area (TPSA) is 26.3 Å². The van der Waals surface area contributed by atoms with E-state index < -0.39 is 0 Å². The first kappa shape index (κ1) is 23.4. The zero-order valence-electron chi connectivity index (χ0n) is 21.2. The molecule has 2 heteroatoms. The Balaban J connectivity index is 1.47. The van der Waals surface area contributed by atoms with Crippen LogP contribution in [0.3, 0.4) is 0 Å². The van der Waals surface area contributed by atoms with Crippen molar-refractivity contribution in [2.24, 2.45) is 46.3 Å². The van der Waals surface area contributed by atoms with Gasteiger partial charge in [0.25, 0.3) is 0 Å². The smallest absolute Gasteiger partial charge is 0.302 e. The summed E-state index contributed by atoms with van der Waals surface area (Å²) in [5.41, 5.74) is 2.53. The lowest BCUT2D eigenvalue weighted by atomic mass is 9.47. The van der Waals surface area contributed by atoms with Gasteiger partial charge in [-0.1, -0.05) is 65.5 Å². The van der Waals surface area contributed by atoms with Crippen LogP contribution >= 0.6 is 0 Å². The fraction of sp³-hybridized carbons (Fsp3) is 0.897. The van der Waals surface area contributed by atoms with E-state index in [4.69, 9.17) is 4.74 Å². The Kier molecular flexibility index (Phi) is 6.68. The lowest BCUT2D eigenvalue weighted by molar-refractivity contribution is -0.148. The molecule has 0 saturated heterocycles. The Labute approximate surface area is 192 Å². The van der Waals surface area contributed by atoms with Crippen molar-refractivity contribution in [3.63, 3.8) is 0 Å². The highest BCUT2D eigenvalue weighted by atomic mass is 16.5. The van der Waals surface area contributed by atoms with E-state index in [0.29, 0.717) is 10.8 Å². The molecular weight excluding hydrogens is 380 g/mol. The average Bonchev–Trinajstić information content (AvgIpc) is 3.05. The molecule has 4 aliphatic rings.